The number of carbonyl (C=O) groups is 1. The van der Waals surface area contributed by atoms with Gasteiger partial charge in [-0.1, -0.05) is 12.1 Å². The molecule has 1 aromatic carbocycles. The fraction of sp³-hybridized carbons (Fsp3) is 0.214. The summed E-state index contributed by atoms with van der Waals surface area (Å²) >= 11 is 1.65. The second kappa shape index (κ2) is 5.23. The molecule has 0 saturated carbocycles. The monoisotopic (exact) mass is 260 g/mol. The second-order valence-electron chi connectivity index (χ2n) is 4.31. The maximum atomic E-state index is 12.3. The molecule has 94 valence electrons. The molecule has 0 atom stereocenters. The van der Waals surface area contributed by atoms with Crippen LogP contribution >= 0.6 is 11.3 Å². The minimum Gasteiger partial charge on any atom is -0.399 e. The molecule has 2 rings (SSSR count). The molecule has 1 heterocycles. The van der Waals surface area contributed by atoms with Crippen molar-refractivity contribution in [3.63, 3.8) is 0 Å². The van der Waals surface area contributed by atoms with Crippen LogP contribution in [0, 0.1) is 6.92 Å². The lowest BCUT2D eigenvalue weighted by molar-refractivity contribution is 0.0786. The molecule has 0 radical (unpaired) electrons. The summed E-state index contributed by atoms with van der Waals surface area (Å²) in [5, 5.41) is 2.01. The van der Waals surface area contributed by atoms with Crippen LogP contribution in [0.15, 0.2) is 35.7 Å². The van der Waals surface area contributed by atoms with Crippen LogP contribution in [-0.2, 0) is 6.54 Å². The van der Waals surface area contributed by atoms with Gasteiger partial charge in [0.2, 0.25) is 0 Å². The molecule has 0 saturated heterocycles. The molecule has 3 nitrogen and oxygen atoms in total. The van der Waals surface area contributed by atoms with Crippen LogP contribution in [0.5, 0.6) is 0 Å². The first kappa shape index (κ1) is 12.6. The van der Waals surface area contributed by atoms with Gasteiger partial charge in [-0.15, -0.1) is 11.3 Å². The van der Waals surface area contributed by atoms with Gasteiger partial charge < -0.3 is 10.6 Å². The van der Waals surface area contributed by atoms with E-state index in [2.05, 4.69) is 0 Å². The summed E-state index contributed by atoms with van der Waals surface area (Å²) in [6.07, 6.45) is 0. The Labute approximate surface area is 111 Å². The molecule has 4 heteroatoms. The number of carbonyl (C=O) groups excluding carboxylic acids is 1. The molecular weight excluding hydrogens is 244 g/mol. The van der Waals surface area contributed by atoms with Gasteiger partial charge >= 0.3 is 0 Å². The molecule has 2 aromatic rings. The van der Waals surface area contributed by atoms with Crippen LogP contribution < -0.4 is 5.73 Å². The van der Waals surface area contributed by atoms with Gasteiger partial charge in [-0.2, -0.15) is 0 Å². The summed E-state index contributed by atoms with van der Waals surface area (Å²) in [7, 11) is 1.81. The second-order valence-corrected chi connectivity index (χ2v) is 5.35. The topological polar surface area (TPSA) is 46.3 Å². The van der Waals surface area contributed by atoms with Crippen molar-refractivity contribution in [3.8, 4) is 0 Å². The van der Waals surface area contributed by atoms with Gasteiger partial charge in [-0.25, -0.2) is 0 Å². The van der Waals surface area contributed by atoms with E-state index in [0.717, 1.165) is 5.56 Å². The van der Waals surface area contributed by atoms with Gasteiger partial charge in [-0.05, 0) is 36.1 Å². The summed E-state index contributed by atoms with van der Waals surface area (Å²) in [5.41, 5.74) is 7.98. The molecule has 0 fully saturated rings. The zero-order valence-corrected chi connectivity index (χ0v) is 11.3. The Morgan fingerprint density at radius 2 is 2.17 bits per heavy atom. The lowest BCUT2D eigenvalue weighted by Crippen LogP contribution is -2.26. The highest BCUT2D eigenvalue weighted by Gasteiger charge is 2.14. The number of nitrogens with zero attached hydrogens (tertiary/aromatic N) is 1. The molecule has 0 aliphatic carbocycles. The quantitative estimate of drug-likeness (QED) is 0.862. The van der Waals surface area contributed by atoms with Gasteiger partial charge in [0.1, 0.15) is 0 Å². The first-order valence-corrected chi connectivity index (χ1v) is 6.60. The third kappa shape index (κ3) is 2.71. The van der Waals surface area contributed by atoms with Crippen molar-refractivity contribution in [2.24, 2.45) is 0 Å². The van der Waals surface area contributed by atoms with Crippen molar-refractivity contribution in [1.82, 2.24) is 4.90 Å². The molecule has 1 amide bonds. The molecule has 0 spiro atoms. The number of amides is 1. The van der Waals surface area contributed by atoms with Gasteiger partial charge in [0.25, 0.3) is 5.91 Å². The highest BCUT2D eigenvalue weighted by atomic mass is 32.1. The van der Waals surface area contributed by atoms with Crippen molar-refractivity contribution in [2.75, 3.05) is 12.8 Å². The standard InChI is InChI=1S/C14H16N2OS/c1-10-5-6-11(15)8-13(10)14(17)16(2)9-12-4-3-7-18-12/h3-8H,9,15H2,1-2H3. The molecule has 2 N–H and O–H groups in total. The van der Waals surface area contributed by atoms with Crippen molar-refractivity contribution in [2.45, 2.75) is 13.5 Å². The molecule has 18 heavy (non-hydrogen) atoms. The van der Waals surface area contributed by atoms with Crippen LogP contribution in [0.2, 0.25) is 0 Å². The number of thiophene rings is 1. The number of hydrogen-bond acceptors (Lipinski definition) is 3. The number of nitrogen functional groups attached to an aromatic ring is 1. The summed E-state index contributed by atoms with van der Waals surface area (Å²) in [6.45, 7) is 2.55. The normalized spacial score (nSPS) is 10.3. The van der Waals surface area contributed by atoms with E-state index >= 15 is 0 Å². The van der Waals surface area contributed by atoms with Gasteiger partial charge in [0.15, 0.2) is 0 Å². The van der Waals surface area contributed by atoms with E-state index in [0.29, 0.717) is 17.8 Å². The van der Waals surface area contributed by atoms with E-state index in [1.54, 1.807) is 22.3 Å². The molecule has 0 aliphatic heterocycles. The van der Waals surface area contributed by atoms with Crippen LogP contribution in [0.3, 0.4) is 0 Å². The molecular formula is C14H16N2OS. The van der Waals surface area contributed by atoms with Gasteiger partial charge in [-0.3, -0.25) is 4.79 Å². The minimum absolute atomic E-state index is 0.00759. The van der Waals surface area contributed by atoms with Crippen LogP contribution in [0.25, 0.3) is 0 Å². The predicted molar refractivity (Wildman–Crippen MR) is 75.7 cm³/mol. The Bertz CT molecular complexity index is 549. The zero-order valence-electron chi connectivity index (χ0n) is 10.5. The average Bonchev–Trinajstić information content (AvgIpc) is 2.84. The van der Waals surface area contributed by atoms with Crippen LogP contribution in [0.1, 0.15) is 20.8 Å². The highest BCUT2D eigenvalue weighted by molar-refractivity contribution is 7.09. The van der Waals surface area contributed by atoms with E-state index in [4.69, 9.17) is 5.73 Å². The van der Waals surface area contributed by atoms with E-state index in [9.17, 15) is 4.79 Å². The van der Waals surface area contributed by atoms with Crippen molar-refractivity contribution >= 4 is 22.9 Å². The smallest absolute Gasteiger partial charge is 0.254 e. The molecule has 0 unspecified atom stereocenters. The van der Waals surface area contributed by atoms with Crippen molar-refractivity contribution in [1.29, 1.82) is 0 Å². The Morgan fingerprint density at radius 1 is 1.39 bits per heavy atom. The first-order valence-electron chi connectivity index (χ1n) is 5.72. The number of benzene rings is 1. The van der Waals surface area contributed by atoms with E-state index in [1.807, 2.05) is 43.6 Å². The third-order valence-electron chi connectivity index (χ3n) is 2.81. The van der Waals surface area contributed by atoms with Gasteiger partial charge in [0, 0.05) is 23.2 Å². The molecule has 0 aliphatic rings. The number of hydrogen-bond donors (Lipinski definition) is 1. The van der Waals surface area contributed by atoms with Crippen LogP contribution in [-0.4, -0.2) is 17.9 Å². The first-order chi connectivity index (χ1) is 8.58. The maximum absolute atomic E-state index is 12.3. The van der Waals surface area contributed by atoms with E-state index in [-0.39, 0.29) is 5.91 Å². The Hall–Kier alpha value is -1.81. The average molecular weight is 260 g/mol. The SMILES string of the molecule is Cc1ccc(N)cc1C(=O)N(C)Cc1cccs1. The summed E-state index contributed by atoms with van der Waals surface area (Å²) < 4.78 is 0. The number of rotatable bonds is 3. The van der Waals surface area contributed by atoms with Crippen LogP contribution in [0.4, 0.5) is 5.69 Å². The summed E-state index contributed by atoms with van der Waals surface area (Å²) in [6, 6.07) is 9.44. The lowest BCUT2D eigenvalue weighted by Gasteiger charge is -2.17. The predicted octanol–water partition coefficient (Wildman–Crippen LogP) is 2.91. The van der Waals surface area contributed by atoms with Gasteiger partial charge in [0.05, 0.1) is 6.54 Å². The fourth-order valence-electron chi connectivity index (χ4n) is 1.78. The number of anilines is 1. The number of aryl methyl sites for hydroxylation is 1. The van der Waals surface area contributed by atoms with Crippen molar-refractivity contribution < 1.29 is 4.79 Å². The Balaban J connectivity index is 2.17. The van der Waals surface area contributed by atoms with E-state index < -0.39 is 0 Å². The number of nitrogens with two attached hydrogens (primary N) is 1. The molecule has 1 aromatic heterocycles. The third-order valence-corrected chi connectivity index (χ3v) is 3.67. The largest absolute Gasteiger partial charge is 0.399 e. The maximum Gasteiger partial charge on any atom is 0.254 e. The van der Waals surface area contributed by atoms with E-state index in [1.165, 1.54) is 4.88 Å². The zero-order chi connectivity index (χ0) is 13.1. The Kier molecular flexibility index (Phi) is 3.67. The lowest BCUT2D eigenvalue weighted by atomic mass is 10.1. The highest BCUT2D eigenvalue weighted by Crippen LogP contribution is 2.17. The fourth-order valence-corrected chi connectivity index (χ4v) is 2.54. The Morgan fingerprint density at radius 3 is 2.83 bits per heavy atom. The molecule has 0 bridgehead atoms. The minimum atomic E-state index is 0.00759. The summed E-state index contributed by atoms with van der Waals surface area (Å²) in [4.78, 5) is 15.2. The van der Waals surface area contributed by atoms with Crippen molar-refractivity contribution in [3.05, 3.63) is 51.7 Å². The summed E-state index contributed by atoms with van der Waals surface area (Å²) in [5.74, 6) is 0.00759.